The summed E-state index contributed by atoms with van der Waals surface area (Å²) in [6, 6.07) is 12.0. The number of carbonyl (C=O) groups is 2. The first-order chi connectivity index (χ1) is 13.5. The highest BCUT2D eigenvalue weighted by Crippen LogP contribution is 2.27. The van der Waals surface area contributed by atoms with Gasteiger partial charge in [0.2, 0.25) is 0 Å². The van der Waals surface area contributed by atoms with Crippen molar-refractivity contribution >= 4 is 11.8 Å². The fourth-order valence-electron chi connectivity index (χ4n) is 3.50. The van der Waals surface area contributed by atoms with E-state index in [1.165, 1.54) is 12.7 Å². The smallest absolute Gasteiger partial charge is 0.338 e. The van der Waals surface area contributed by atoms with E-state index in [-0.39, 0.29) is 5.78 Å². The highest BCUT2D eigenvalue weighted by molar-refractivity contribution is 6.03. The lowest BCUT2D eigenvalue weighted by Gasteiger charge is -2.26. The zero-order chi connectivity index (χ0) is 20.1. The number of hydrogen-bond acceptors (Lipinski definition) is 5. The molecule has 1 saturated heterocycles. The third-order valence-electron chi connectivity index (χ3n) is 5.23. The number of rotatable bonds is 6. The van der Waals surface area contributed by atoms with E-state index in [0.29, 0.717) is 23.1 Å². The molecule has 0 atom stereocenters. The highest BCUT2D eigenvalue weighted by Gasteiger charge is 2.18. The van der Waals surface area contributed by atoms with Crippen molar-refractivity contribution < 1.29 is 19.1 Å². The minimum absolute atomic E-state index is 0.0217. The van der Waals surface area contributed by atoms with Gasteiger partial charge in [0.25, 0.3) is 0 Å². The molecule has 0 aliphatic carbocycles. The zero-order valence-electron chi connectivity index (χ0n) is 16.8. The molecule has 0 bridgehead atoms. The molecule has 1 aliphatic rings. The maximum atomic E-state index is 12.4. The summed E-state index contributed by atoms with van der Waals surface area (Å²) in [5.74, 6) is -0.401. The quantitative estimate of drug-likeness (QED) is 0.562. The molecule has 0 saturated carbocycles. The van der Waals surface area contributed by atoms with Crippen LogP contribution in [-0.4, -0.2) is 50.1 Å². The number of carbonyl (C=O) groups excluding carboxylic acids is 2. The topological polar surface area (TPSA) is 55.8 Å². The van der Waals surface area contributed by atoms with Gasteiger partial charge in [0.15, 0.2) is 5.78 Å². The number of esters is 1. The molecule has 0 unspecified atom stereocenters. The van der Waals surface area contributed by atoms with Crippen LogP contribution in [0.1, 0.15) is 45.2 Å². The number of ketones is 1. The van der Waals surface area contributed by atoms with E-state index in [9.17, 15) is 9.59 Å². The molecule has 1 aliphatic heterocycles. The number of methoxy groups -OCH3 is 1. The largest absolute Gasteiger partial charge is 0.465 e. The molecule has 0 radical (unpaired) electrons. The molecule has 0 spiro atoms. The molecule has 1 heterocycles. The molecule has 28 heavy (non-hydrogen) atoms. The lowest BCUT2D eigenvalue weighted by atomic mass is 9.92. The molecule has 5 nitrogen and oxygen atoms in total. The van der Waals surface area contributed by atoms with Crippen LogP contribution in [0, 0.1) is 6.92 Å². The lowest BCUT2D eigenvalue weighted by molar-refractivity contribution is 0.0342. The predicted octanol–water partition coefficient (Wildman–Crippen LogP) is 3.87. The summed E-state index contributed by atoms with van der Waals surface area (Å²) in [5, 5.41) is 0. The Bertz CT molecular complexity index is 814. The standard InChI is InChI=1S/C23H27NO4/c1-4-22(25)20-13-19(14-21(16(20)2)23(26)27-3)18-7-5-17(6-8-18)15-24-9-11-28-12-10-24/h5-8,13-14H,4,9-12,15H2,1-3H3. The summed E-state index contributed by atoms with van der Waals surface area (Å²) in [4.78, 5) is 27.0. The highest BCUT2D eigenvalue weighted by atomic mass is 16.5. The van der Waals surface area contributed by atoms with Crippen LogP contribution >= 0.6 is 0 Å². The van der Waals surface area contributed by atoms with Crippen molar-refractivity contribution in [2.75, 3.05) is 33.4 Å². The van der Waals surface area contributed by atoms with Crippen LogP contribution in [0.15, 0.2) is 36.4 Å². The second kappa shape index (κ2) is 9.13. The van der Waals surface area contributed by atoms with E-state index in [1.54, 1.807) is 6.92 Å². The van der Waals surface area contributed by atoms with Gasteiger partial charge in [-0.05, 0) is 41.3 Å². The molecule has 1 fully saturated rings. The van der Waals surface area contributed by atoms with Gasteiger partial charge in [-0.2, -0.15) is 0 Å². The SMILES string of the molecule is CCC(=O)c1cc(-c2ccc(CN3CCOCC3)cc2)cc(C(=O)OC)c1C. The number of Topliss-reactive ketones (excluding diaryl/α,β-unsaturated/α-hetero) is 1. The lowest BCUT2D eigenvalue weighted by Crippen LogP contribution is -2.35. The summed E-state index contributed by atoms with van der Waals surface area (Å²) in [5.41, 5.74) is 4.75. The van der Waals surface area contributed by atoms with E-state index >= 15 is 0 Å². The second-order valence-corrected chi connectivity index (χ2v) is 7.05. The number of benzene rings is 2. The molecule has 0 amide bonds. The average Bonchev–Trinajstić information content (AvgIpc) is 2.74. The summed E-state index contributed by atoms with van der Waals surface area (Å²) in [6.45, 7) is 7.98. The van der Waals surface area contributed by atoms with Gasteiger partial charge in [-0.1, -0.05) is 31.2 Å². The van der Waals surface area contributed by atoms with E-state index in [4.69, 9.17) is 9.47 Å². The fourth-order valence-corrected chi connectivity index (χ4v) is 3.50. The van der Waals surface area contributed by atoms with Gasteiger partial charge in [0.05, 0.1) is 25.9 Å². The van der Waals surface area contributed by atoms with Crippen LogP contribution in [-0.2, 0) is 16.0 Å². The molecule has 3 rings (SSSR count). The van der Waals surface area contributed by atoms with Crippen LogP contribution in [0.4, 0.5) is 0 Å². The molecule has 2 aromatic carbocycles. The Kier molecular flexibility index (Phi) is 6.60. The van der Waals surface area contributed by atoms with Crippen molar-refractivity contribution in [3.8, 4) is 11.1 Å². The molecule has 5 heteroatoms. The third kappa shape index (κ3) is 4.49. The Morgan fingerprint density at radius 2 is 1.68 bits per heavy atom. The van der Waals surface area contributed by atoms with E-state index in [1.807, 2.05) is 31.2 Å². The number of hydrogen-bond donors (Lipinski definition) is 0. The van der Waals surface area contributed by atoms with Gasteiger partial charge >= 0.3 is 5.97 Å². The summed E-state index contributed by atoms with van der Waals surface area (Å²) in [7, 11) is 1.36. The van der Waals surface area contributed by atoms with Crippen LogP contribution in [0.5, 0.6) is 0 Å². The fraction of sp³-hybridized carbons (Fsp3) is 0.391. The van der Waals surface area contributed by atoms with E-state index in [2.05, 4.69) is 17.0 Å². The average molecular weight is 381 g/mol. The van der Waals surface area contributed by atoms with Crippen molar-refractivity contribution in [2.45, 2.75) is 26.8 Å². The van der Waals surface area contributed by atoms with Crippen molar-refractivity contribution in [1.82, 2.24) is 4.90 Å². The molecule has 0 aromatic heterocycles. The Hall–Kier alpha value is -2.50. The summed E-state index contributed by atoms with van der Waals surface area (Å²) in [6.07, 6.45) is 0.392. The predicted molar refractivity (Wildman–Crippen MR) is 109 cm³/mol. The molecular formula is C23H27NO4. The van der Waals surface area contributed by atoms with Gasteiger partial charge in [0.1, 0.15) is 0 Å². The molecular weight excluding hydrogens is 354 g/mol. The van der Waals surface area contributed by atoms with E-state index in [0.717, 1.165) is 44.0 Å². The van der Waals surface area contributed by atoms with Crippen molar-refractivity contribution in [1.29, 1.82) is 0 Å². The summed E-state index contributed by atoms with van der Waals surface area (Å²) < 4.78 is 10.3. The first-order valence-electron chi connectivity index (χ1n) is 9.69. The minimum Gasteiger partial charge on any atom is -0.465 e. The number of nitrogens with zero attached hydrogens (tertiary/aromatic N) is 1. The van der Waals surface area contributed by atoms with Crippen molar-refractivity contribution in [2.24, 2.45) is 0 Å². The van der Waals surface area contributed by atoms with Crippen LogP contribution in [0.25, 0.3) is 11.1 Å². The minimum atomic E-state index is -0.423. The van der Waals surface area contributed by atoms with Gasteiger partial charge < -0.3 is 9.47 Å². The number of morpholine rings is 1. The number of ether oxygens (including phenoxy) is 2. The van der Waals surface area contributed by atoms with Crippen LogP contribution in [0.2, 0.25) is 0 Å². The zero-order valence-corrected chi connectivity index (χ0v) is 16.8. The van der Waals surface area contributed by atoms with Crippen molar-refractivity contribution in [3.05, 3.63) is 58.7 Å². The monoisotopic (exact) mass is 381 g/mol. The van der Waals surface area contributed by atoms with Crippen molar-refractivity contribution in [3.63, 3.8) is 0 Å². The third-order valence-corrected chi connectivity index (χ3v) is 5.23. The Balaban J connectivity index is 1.91. The molecule has 148 valence electrons. The van der Waals surface area contributed by atoms with Gasteiger partial charge in [-0.3, -0.25) is 9.69 Å². The Labute approximate surface area is 166 Å². The van der Waals surface area contributed by atoms with Gasteiger partial charge in [-0.25, -0.2) is 4.79 Å². The maximum Gasteiger partial charge on any atom is 0.338 e. The van der Waals surface area contributed by atoms with Gasteiger partial charge in [-0.15, -0.1) is 0 Å². The second-order valence-electron chi connectivity index (χ2n) is 7.05. The molecule has 0 N–H and O–H groups in total. The Morgan fingerprint density at radius 1 is 1.04 bits per heavy atom. The van der Waals surface area contributed by atoms with Gasteiger partial charge in [0, 0.05) is 31.6 Å². The first-order valence-corrected chi connectivity index (χ1v) is 9.69. The molecule has 2 aromatic rings. The maximum absolute atomic E-state index is 12.4. The van der Waals surface area contributed by atoms with E-state index < -0.39 is 5.97 Å². The summed E-state index contributed by atoms with van der Waals surface area (Å²) >= 11 is 0. The van der Waals surface area contributed by atoms with Crippen LogP contribution in [0.3, 0.4) is 0 Å². The first kappa shape index (κ1) is 20.2. The van der Waals surface area contributed by atoms with Crippen LogP contribution < -0.4 is 0 Å². The normalized spacial score (nSPS) is 14.7. The Morgan fingerprint density at radius 3 is 2.29 bits per heavy atom.